The van der Waals surface area contributed by atoms with Crippen molar-refractivity contribution in [3.63, 3.8) is 0 Å². The molecule has 0 saturated carbocycles. The Morgan fingerprint density at radius 2 is 2.00 bits per heavy atom. The van der Waals surface area contributed by atoms with E-state index in [9.17, 15) is 4.79 Å². The van der Waals surface area contributed by atoms with E-state index in [1.807, 2.05) is 11.0 Å². The maximum absolute atomic E-state index is 13.1. The Hall–Kier alpha value is -1.50. The topological polar surface area (TPSA) is 54.5 Å². The van der Waals surface area contributed by atoms with Crippen LogP contribution < -0.4 is 5.32 Å². The van der Waals surface area contributed by atoms with E-state index in [-0.39, 0.29) is 5.91 Å². The fourth-order valence-corrected chi connectivity index (χ4v) is 5.15. The standard InChI is InChI=1S/C19H25N3O2S/c1-24-19(8-10-20-11-9-19)18(23)22-12-6-14(7-13-22)17-21-15-4-2-3-5-16(15)25-17/h2-5,14,20H,6-13H2,1H3. The SMILES string of the molecule is COC1(C(=O)N2CCC(c3nc4ccccc4s3)CC2)CCNCC1. The Morgan fingerprint density at radius 3 is 2.68 bits per heavy atom. The third-order valence-corrected chi connectivity index (χ3v) is 6.83. The van der Waals surface area contributed by atoms with Crippen LogP contribution in [-0.2, 0) is 9.53 Å². The number of amides is 1. The Labute approximate surface area is 152 Å². The first-order valence-electron chi connectivity index (χ1n) is 9.12. The van der Waals surface area contributed by atoms with Crippen molar-refractivity contribution >= 4 is 27.5 Å². The van der Waals surface area contributed by atoms with Crippen LogP contribution >= 0.6 is 11.3 Å². The van der Waals surface area contributed by atoms with Crippen LogP contribution in [0, 0.1) is 0 Å². The van der Waals surface area contributed by atoms with Crippen LogP contribution in [0.3, 0.4) is 0 Å². The molecule has 0 radical (unpaired) electrons. The molecule has 1 N–H and O–H groups in total. The normalized spacial score (nSPS) is 21.6. The van der Waals surface area contributed by atoms with Gasteiger partial charge in [0.2, 0.25) is 0 Å². The number of fused-ring (bicyclic) bond motifs is 1. The summed E-state index contributed by atoms with van der Waals surface area (Å²) < 4.78 is 6.96. The van der Waals surface area contributed by atoms with Crippen molar-refractivity contribution in [1.29, 1.82) is 0 Å². The molecule has 5 nitrogen and oxygen atoms in total. The van der Waals surface area contributed by atoms with E-state index in [2.05, 4.69) is 23.5 Å². The second-order valence-electron chi connectivity index (χ2n) is 7.03. The monoisotopic (exact) mass is 359 g/mol. The van der Waals surface area contributed by atoms with Gasteiger partial charge in [0, 0.05) is 26.1 Å². The highest BCUT2D eigenvalue weighted by Crippen LogP contribution is 2.35. The summed E-state index contributed by atoms with van der Waals surface area (Å²) in [6, 6.07) is 8.31. The number of methoxy groups -OCH3 is 1. The highest BCUT2D eigenvalue weighted by Gasteiger charge is 2.43. The van der Waals surface area contributed by atoms with Gasteiger partial charge in [-0.3, -0.25) is 4.79 Å². The quantitative estimate of drug-likeness (QED) is 0.916. The Morgan fingerprint density at radius 1 is 1.28 bits per heavy atom. The summed E-state index contributed by atoms with van der Waals surface area (Å²) in [6.07, 6.45) is 3.51. The number of carbonyl (C=O) groups excluding carboxylic acids is 1. The third-order valence-electron chi connectivity index (χ3n) is 5.63. The highest BCUT2D eigenvalue weighted by atomic mass is 32.1. The lowest BCUT2D eigenvalue weighted by Gasteiger charge is -2.41. The summed E-state index contributed by atoms with van der Waals surface area (Å²) in [5, 5.41) is 4.53. The number of hydrogen-bond donors (Lipinski definition) is 1. The number of likely N-dealkylation sites (tertiary alicyclic amines) is 1. The lowest BCUT2D eigenvalue weighted by molar-refractivity contribution is -0.159. The number of hydrogen-bond acceptors (Lipinski definition) is 5. The average Bonchev–Trinajstić information content (AvgIpc) is 3.12. The zero-order valence-electron chi connectivity index (χ0n) is 14.7. The van der Waals surface area contributed by atoms with Gasteiger partial charge >= 0.3 is 0 Å². The minimum atomic E-state index is -0.617. The number of thiazole rings is 1. The highest BCUT2D eigenvalue weighted by molar-refractivity contribution is 7.18. The molecule has 3 heterocycles. The molecule has 2 aromatic rings. The van der Waals surface area contributed by atoms with Crippen LogP contribution in [0.15, 0.2) is 24.3 Å². The first kappa shape index (κ1) is 16.9. The largest absolute Gasteiger partial charge is 0.368 e. The molecule has 6 heteroatoms. The van der Waals surface area contributed by atoms with Crippen LogP contribution in [0.4, 0.5) is 0 Å². The van der Waals surface area contributed by atoms with Gasteiger partial charge in [0.15, 0.2) is 0 Å². The van der Waals surface area contributed by atoms with Gasteiger partial charge in [-0.05, 0) is 50.9 Å². The molecule has 0 bridgehead atoms. The van der Waals surface area contributed by atoms with Gasteiger partial charge in [-0.25, -0.2) is 4.98 Å². The van der Waals surface area contributed by atoms with Crippen molar-refractivity contribution in [2.45, 2.75) is 37.2 Å². The molecule has 2 aliphatic rings. The van der Waals surface area contributed by atoms with E-state index >= 15 is 0 Å². The number of carbonyl (C=O) groups is 1. The molecule has 25 heavy (non-hydrogen) atoms. The minimum absolute atomic E-state index is 0.180. The molecule has 2 fully saturated rings. The van der Waals surface area contributed by atoms with Crippen LogP contribution in [0.5, 0.6) is 0 Å². The number of piperidine rings is 2. The van der Waals surface area contributed by atoms with Crippen molar-refractivity contribution in [3.05, 3.63) is 29.3 Å². The molecule has 4 rings (SSSR count). The van der Waals surface area contributed by atoms with E-state index in [0.717, 1.165) is 57.4 Å². The maximum atomic E-state index is 13.1. The lowest BCUT2D eigenvalue weighted by Crippen LogP contribution is -2.56. The number of para-hydroxylation sites is 1. The predicted octanol–water partition coefficient (Wildman–Crippen LogP) is 2.77. The smallest absolute Gasteiger partial charge is 0.254 e. The van der Waals surface area contributed by atoms with Crippen molar-refractivity contribution in [2.75, 3.05) is 33.3 Å². The minimum Gasteiger partial charge on any atom is -0.368 e. The zero-order valence-corrected chi connectivity index (χ0v) is 15.5. The first-order chi connectivity index (χ1) is 12.2. The first-order valence-corrected chi connectivity index (χ1v) is 9.94. The van der Waals surface area contributed by atoms with Crippen LogP contribution in [-0.4, -0.2) is 54.7 Å². The summed E-state index contributed by atoms with van der Waals surface area (Å²) in [4.78, 5) is 19.9. The van der Waals surface area contributed by atoms with Gasteiger partial charge in [0.1, 0.15) is 5.60 Å². The van der Waals surface area contributed by atoms with Gasteiger partial charge in [-0.15, -0.1) is 11.3 Å². The van der Waals surface area contributed by atoms with Gasteiger partial charge in [-0.1, -0.05) is 12.1 Å². The van der Waals surface area contributed by atoms with Crippen LogP contribution in [0.1, 0.15) is 36.6 Å². The summed E-state index contributed by atoms with van der Waals surface area (Å²) in [5.74, 6) is 0.646. The van der Waals surface area contributed by atoms with Gasteiger partial charge < -0.3 is 15.0 Å². The molecule has 2 aliphatic heterocycles. The van der Waals surface area contributed by atoms with Gasteiger partial charge in [0.05, 0.1) is 15.2 Å². The molecule has 0 spiro atoms. The molecule has 0 atom stereocenters. The molecule has 0 unspecified atom stereocenters. The number of ether oxygens (including phenoxy) is 1. The summed E-state index contributed by atoms with van der Waals surface area (Å²) in [7, 11) is 1.68. The Kier molecular flexibility index (Phi) is 4.75. The molecular formula is C19H25N3O2S. The summed E-state index contributed by atoms with van der Waals surface area (Å²) >= 11 is 1.80. The number of aromatic nitrogens is 1. The second-order valence-corrected chi connectivity index (χ2v) is 8.10. The van der Waals surface area contributed by atoms with Crippen molar-refractivity contribution in [2.24, 2.45) is 0 Å². The van der Waals surface area contributed by atoms with Crippen LogP contribution in [0.25, 0.3) is 10.2 Å². The molecule has 1 amide bonds. The van der Waals surface area contributed by atoms with E-state index in [1.54, 1.807) is 18.4 Å². The Bertz CT molecular complexity index is 713. The van der Waals surface area contributed by atoms with E-state index in [1.165, 1.54) is 9.71 Å². The zero-order chi connectivity index (χ0) is 17.3. The fourth-order valence-electron chi connectivity index (χ4n) is 4.02. The molecule has 2 saturated heterocycles. The number of rotatable bonds is 3. The fraction of sp³-hybridized carbons (Fsp3) is 0.579. The Balaban J connectivity index is 1.43. The van der Waals surface area contributed by atoms with Crippen molar-refractivity contribution in [1.82, 2.24) is 15.2 Å². The van der Waals surface area contributed by atoms with E-state index < -0.39 is 5.60 Å². The number of nitrogens with one attached hydrogen (secondary N) is 1. The van der Waals surface area contributed by atoms with Crippen molar-refractivity contribution in [3.8, 4) is 0 Å². The third kappa shape index (κ3) is 3.18. The second kappa shape index (κ2) is 7.02. The van der Waals surface area contributed by atoms with Gasteiger partial charge in [-0.2, -0.15) is 0 Å². The summed E-state index contributed by atoms with van der Waals surface area (Å²) in [5.41, 5.74) is 0.475. The number of nitrogens with zero attached hydrogens (tertiary/aromatic N) is 2. The van der Waals surface area contributed by atoms with Crippen LogP contribution in [0.2, 0.25) is 0 Å². The molecule has 134 valence electrons. The van der Waals surface area contributed by atoms with Gasteiger partial charge in [0.25, 0.3) is 5.91 Å². The molecule has 1 aromatic carbocycles. The average molecular weight is 359 g/mol. The number of benzene rings is 1. The van der Waals surface area contributed by atoms with E-state index in [4.69, 9.17) is 9.72 Å². The maximum Gasteiger partial charge on any atom is 0.254 e. The lowest BCUT2D eigenvalue weighted by atomic mass is 9.88. The predicted molar refractivity (Wildman–Crippen MR) is 100 cm³/mol. The van der Waals surface area contributed by atoms with E-state index in [0.29, 0.717) is 5.92 Å². The molecule has 0 aliphatic carbocycles. The molecule has 1 aromatic heterocycles. The summed E-state index contributed by atoms with van der Waals surface area (Å²) in [6.45, 7) is 3.30. The molecular weight excluding hydrogens is 334 g/mol. The van der Waals surface area contributed by atoms with Crippen molar-refractivity contribution < 1.29 is 9.53 Å².